The maximum Gasteiger partial charge on any atom is 0.257 e. The van der Waals surface area contributed by atoms with Crippen LogP contribution >= 0.6 is 0 Å². The summed E-state index contributed by atoms with van der Waals surface area (Å²) in [7, 11) is 0. The van der Waals surface area contributed by atoms with Crippen LogP contribution in [-0.2, 0) is 4.74 Å². The predicted molar refractivity (Wildman–Crippen MR) is 78.3 cm³/mol. The molecule has 1 N–H and O–H groups in total. The first-order valence-electron chi connectivity index (χ1n) is 7.67. The normalized spacial score (nSPS) is 20.5. The molecule has 3 rings (SSSR count). The SMILES string of the molecule is Cc1nc(C2CCNCC2)ncc1C(=O)N1CCOCC1. The molecule has 21 heavy (non-hydrogen) atoms. The third-order valence-electron chi connectivity index (χ3n) is 4.23. The van der Waals surface area contributed by atoms with Gasteiger partial charge in [0.2, 0.25) is 0 Å². The van der Waals surface area contributed by atoms with Crippen LogP contribution in [-0.4, -0.2) is 60.2 Å². The molecule has 0 unspecified atom stereocenters. The Kier molecular flexibility index (Phi) is 4.45. The fourth-order valence-corrected chi connectivity index (χ4v) is 2.91. The fourth-order valence-electron chi connectivity index (χ4n) is 2.91. The van der Waals surface area contributed by atoms with Gasteiger partial charge in [0.1, 0.15) is 5.82 Å². The highest BCUT2D eigenvalue weighted by Gasteiger charge is 2.23. The molecule has 1 aromatic heterocycles. The van der Waals surface area contributed by atoms with Crippen LogP contribution in [0, 0.1) is 6.92 Å². The van der Waals surface area contributed by atoms with E-state index >= 15 is 0 Å². The van der Waals surface area contributed by atoms with E-state index in [1.807, 2.05) is 11.8 Å². The van der Waals surface area contributed by atoms with Gasteiger partial charge < -0.3 is 15.0 Å². The highest BCUT2D eigenvalue weighted by Crippen LogP contribution is 2.22. The van der Waals surface area contributed by atoms with E-state index in [0.717, 1.165) is 37.4 Å². The molecule has 0 bridgehead atoms. The zero-order valence-electron chi connectivity index (χ0n) is 12.5. The van der Waals surface area contributed by atoms with E-state index in [2.05, 4.69) is 15.3 Å². The lowest BCUT2D eigenvalue weighted by atomic mass is 9.97. The van der Waals surface area contributed by atoms with Crippen LogP contribution in [0.2, 0.25) is 0 Å². The Morgan fingerprint density at radius 3 is 2.71 bits per heavy atom. The molecule has 2 aliphatic rings. The van der Waals surface area contributed by atoms with Gasteiger partial charge in [-0.15, -0.1) is 0 Å². The average Bonchev–Trinajstić information content (AvgIpc) is 2.56. The number of carbonyl (C=O) groups excluding carboxylic acids is 1. The minimum atomic E-state index is 0.0210. The Hall–Kier alpha value is -1.53. The van der Waals surface area contributed by atoms with Crippen LogP contribution in [0.4, 0.5) is 0 Å². The number of ether oxygens (including phenoxy) is 1. The van der Waals surface area contributed by atoms with Gasteiger partial charge in [0, 0.05) is 25.2 Å². The third kappa shape index (κ3) is 3.22. The first-order valence-corrected chi connectivity index (χ1v) is 7.67. The van der Waals surface area contributed by atoms with Gasteiger partial charge in [-0.25, -0.2) is 9.97 Å². The molecule has 6 nitrogen and oxygen atoms in total. The van der Waals surface area contributed by atoms with Crippen LogP contribution in [0.5, 0.6) is 0 Å². The maximum atomic E-state index is 12.5. The number of piperidine rings is 1. The molecule has 0 spiro atoms. The second kappa shape index (κ2) is 6.49. The monoisotopic (exact) mass is 290 g/mol. The first kappa shape index (κ1) is 14.4. The fraction of sp³-hybridized carbons (Fsp3) is 0.667. The molecular weight excluding hydrogens is 268 g/mol. The lowest BCUT2D eigenvalue weighted by molar-refractivity contribution is 0.0301. The van der Waals surface area contributed by atoms with Gasteiger partial charge in [-0.05, 0) is 32.9 Å². The number of amides is 1. The molecule has 6 heteroatoms. The number of nitrogens with one attached hydrogen (secondary N) is 1. The molecule has 1 aromatic rings. The quantitative estimate of drug-likeness (QED) is 0.869. The van der Waals surface area contributed by atoms with E-state index in [4.69, 9.17) is 4.74 Å². The summed E-state index contributed by atoms with van der Waals surface area (Å²) in [5, 5.41) is 3.34. The Morgan fingerprint density at radius 1 is 1.33 bits per heavy atom. The molecule has 0 atom stereocenters. The Labute approximate surface area is 124 Å². The Morgan fingerprint density at radius 2 is 2.05 bits per heavy atom. The topological polar surface area (TPSA) is 67.4 Å². The number of aromatic nitrogens is 2. The van der Waals surface area contributed by atoms with E-state index in [0.29, 0.717) is 37.8 Å². The molecule has 0 radical (unpaired) electrons. The zero-order valence-corrected chi connectivity index (χ0v) is 12.5. The van der Waals surface area contributed by atoms with Crippen molar-refractivity contribution in [3.8, 4) is 0 Å². The van der Waals surface area contributed by atoms with Gasteiger partial charge in [0.15, 0.2) is 0 Å². The molecule has 1 amide bonds. The van der Waals surface area contributed by atoms with E-state index in [9.17, 15) is 4.79 Å². The molecule has 0 aliphatic carbocycles. The van der Waals surface area contributed by atoms with Crippen LogP contribution in [0.25, 0.3) is 0 Å². The summed E-state index contributed by atoms with van der Waals surface area (Å²) in [4.78, 5) is 23.4. The average molecular weight is 290 g/mol. The number of hydrogen-bond acceptors (Lipinski definition) is 5. The third-order valence-corrected chi connectivity index (χ3v) is 4.23. The van der Waals surface area contributed by atoms with Crippen LogP contribution in [0.3, 0.4) is 0 Å². The van der Waals surface area contributed by atoms with Gasteiger partial charge >= 0.3 is 0 Å². The highest BCUT2D eigenvalue weighted by atomic mass is 16.5. The summed E-state index contributed by atoms with van der Waals surface area (Å²) in [6.45, 7) is 6.45. The molecule has 2 saturated heterocycles. The number of nitrogens with zero attached hydrogens (tertiary/aromatic N) is 3. The van der Waals surface area contributed by atoms with Crippen molar-refractivity contribution in [2.75, 3.05) is 39.4 Å². The Bertz CT molecular complexity index is 508. The van der Waals surface area contributed by atoms with Gasteiger partial charge in [-0.2, -0.15) is 0 Å². The molecule has 114 valence electrons. The minimum Gasteiger partial charge on any atom is -0.378 e. The minimum absolute atomic E-state index is 0.0210. The highest BCUT2D eigenvalue weighted by molar-refractivity contribution is 5.95. The molecule has 3 heterocycles. The van der Waals surface area contributed by atoms with E-state index < -0.39 is 0 Å². The van der Waals surface area contributed by atoms with Crippen LogP contribution < -0.4 is 5.32 Å². The van der Waals surface area contributed by atoms with Crippen LogP contribution in [0.1, 0.15) is 40.6 Å². The van der Waals surface area contributed by atoms with Crippen molar-refractivity contribution in [1.29, 1.82) is 0 Å². The molecular formula is C15H22N4O2. The number of morpholine rings is 1. The second-order valence-corrected chi connectivity index (χ2v) is 5.66. The summed E-state index contributed by atoms with van der Waals surface area (Å²) in [6.07, 6.45) is 3.84. The smallest absolute Gasteiger partial charge is 0.257 e. The molecule has 0 aromatic carbocycles. The van der Waals surface area contributed by atoms with E-state index in [1.165, 1.54) is 0 Å². The van der Waals surface area contributed by atoms with Crippen LogP contribution in [0.15, 0.2) is 6.20 Å². The second-order valence-electron chi connectivity index (χ2n) is 5.66. The summed E-state index contributed by atoms with van der Waals surface area (Å²) in [6, 6.07) is 0. The first-order chi connectivity index (χ1) is 10.3. The summed E-state index contributed by atoms with van der Waals surface area (Å²) < 4.78 is 5.28. The van der Waals surface area contributed by atoms with Gasteiger partial charge in [0.05, 0.1) is 24.5 Å². The standard InChI is InChI=1S/C15H22N4O2/c1-11-13(15(20)19-6-8-21-9-7-19)10-17-14(18-11)12-2-4-16-5-3-12/h10,12,16H,2-9H2,1H3. The predicted octanol–water partition coefficient (Wildman–Crippen LogP) is 0.724. The zero-order chi connectivity index (χ0) is 14.7. The van der Waals surface area contributed by atoms with Gasteiger partial charge in [-0.3, -0.25) is 4.79 Å². The lowest BCUT2D eigenvalue weighted by Crippen LogP contribution is -2.41. The van der Waals surface area contributed by atoms with Crippen molar-refractivity contribution in [3.63, 3.8) is 0 Å². The van der Waals surface area contributed by atoms with Gasteiger partial charge in [-0.1, -0.05) is 0 Å². The summed E-state index contributed by atoms with van der Waals surface area (Å²) in [5.41, 5.74) is 1.41. The number of rotatable bonds is 2. The largest absolute Gasteiger partial charge is 0.378 e. The maximum absolute atomic E-state index is 12.5. The molecule has 2 aliphatic heterocycles. The van der Waals surface area contributed by atoms with E-state index in [-0.39, 0.29) is 5.91 Å². The van der Waals surface area contributed by atoms with Gasteiger partial charge in [0.25, 0.3) is 5.91 Å². The van der Waals surface area contributed by atoms with Crippen molar-refractivity contribution in [2.24, 2.45) is 0 Å². The van der Waals surface area contributed by atoms with Crippen molar-refractivity contribution >= 4 is 5.91 Å². The molecule has 0 saturated carbocycles. The Balaban J connectivity index is 1.75. The van der Waals surface area contributed by atoms with Crippen molar-refractivity contribution in [1.82, 2.24) is 20.2 Å². The van der Waals surface area contributed by atoms with Crippen molar-refractivity contribution in [2.45, 2.75) is 25.7 Å². The summed E-state index contributed by atoms with van der Waals surface area (Å²) >= 11 is 0. The number of aryl methyl sites for hydroxylation is 1. The number of hydrogen-bond donors (Lipinski definition) is 1. The molecule has 2 fully saturated rings. The van der Waals surface area contributed by atoms with Crippen molar-refractivity contribution in [3.05, 3.63) is 23.3 Å². The van der Waals surface area contributed by atoms with Crippen molar-refractivity contribution < 1.29 is 9.53 Å². The summed E-state index contributed by atoms with van der Waals surface area (Å²) in [5.74, 6) is 1.32. The van der Waals surface area contributed by atoms with E-state index in [1.54, 1.807) is 6.20 Å². The number of carbonyl (C=O) groups is 1. The lowest BCUT2D eigenvalue weighted by Gasteiger charge is -2.27.